The van der Waals surface area contributed by atoms with E-state index in [1.807, 2.05) is 49.6 Å². The van der Waals surface area contributed by atoms with Crippen LogP contribution in [0.1, 0.15) is 11.4 Å². The Morgan fingerprint density at radius 1 is 0.939 bits per heavy atom. The minimum Gasteiger partial charge on any atom is -0.488 e. The Hall–Kier alpha value is -4.18. The maximum atomic E-state index is 5.53. The maximum absolute atomic E-state index is 5.53. The average molecular weight is 442 g/mol. The van der Waals surface area contributed by atoms with E-state index in [-0.39, 0.29) is 0 Å². The van der Waals surface area contributed by atoms with E-state index < -0.39 is 0 Å². The van der Waals surface area contributed by atoms with Crippen molar-refractivity contribution in [2.24, 2.45) is 7.05 Å². The van der Waals surface area contributed by atoms with Gasteiger partial charge in [0.15, 0.2) is 23.0 Å². The van der Waals surface area contributed by atoms with Gasteiger partial charge in [-0.1, -0.05) is 18.2 Å². The van der Waals surface area contributed by atoms with Crippen molar-refractivity contribution in [2.75, 3.05) is 20.3 Å². The summed E-state index contributed by atoms with van der Waals surface area (Å²) < 4.78 is 14.0. The van der Waals surface area contributed by atoms with Crippen molar-refractivity contribution in [1.82, 2.24) is 39.6 Å². The molecule has 4 heterocycles. The van der Waals surface area contributed by atoms with E-state index in [1.54, 1.807) is 34.9 Å². The number of ether oxygens (including phenoxy) is 2. The van der Waals surface area contributed by atoms with E-state index in [2.05, 4.69) is 25.3 Å². The molecule has 0 fully saturated rings. The molecule has 166 valence electrons. The van der Waals surface area contributed by atoms with Crippen molar-refractivity contribution in [3.8, 4) is 28.4 Å². The Morgan fingerprint density at radius 3 is 2.61 bits per heavy atom. The minimum atomic E-state index is 0.456. The summed E-state index contributed by atoms with van der Waals surface area (Å²) in [5.74, 6) is 1.98. The largest absolute Gasteiger partial charge is 0.488 e. The zero-order valence-corrected chi connectivity index (χ0v) is 18.3. The third-order valence-corrected chi connectivity index (χ3v) is 5.06. The topological polar surface area (TPSA) is 105 Å². The van der Waals surface area contributed by atoms with E-state index in [4.69, 9.17) is 14.6 Å². The third-order valence-electron chi connectivity index (χ3n) is 5.06. The third kappa shape index (κ3) is 4.55. The Labute approximate surface area is 189 Å². The zero-order valence-electron chi connectivity index (χ0n) is 18.3. The molecule has 33 heavy (non-hydrogen) atoms. The smallest absolute Gasteiger partial charge is 0.177 e. The number of nitrogens with zero attached hydrogens (tertiary/aromatic N) is 8. The molecule has 0 bridgehead atoms. The Bertz CT molecular complexity index is 1380. The Kier molecular flexibility index (Phi) is 5.73. The van der Waals surface area contributed by atoms with Crippen LogP contribution >= 0.6 is 0 Å². The van der Waals surface area contributed by atoms with E-state index >= 15 is 0 Å². The molecule has 5 aromatic rings. The van der Waals surface area contributed by atoms with Gasteiger partial charge in [0.1, 0.15) is 6.61 Å². The first-order chi connectivity index (χ1) is 16.2. The highest BCUT2D eigenvalue weighted by atomic mass is 16.5. The SMILES string of the molecule is COCCOc1cnc(-c2cccc(Cc3nnc4ccc(-c5cnn(C)c5)nn34)c2)nc1. The summed E-state index contributed by atoms with van der Waals surface area (Å²) in [4.78, 5) is 8.87. The lowest BCUT2D eigenvalue weighted by molar-refractivity contribution is 0.146. The van der Waals surface area contributed by atoms with E-state index in [0.29, 0.717) is 36.9 Å². The molecule has 5 rings (SSSR count). The van der Waals surface area contributed by atoms with Gasteiger partial charge < -0.3 is 9.47 Å². The molecule has 4 aromatic heterocycles. The van der Waals surface area contributed by atoms with Gasteiger partial charge in [0.05, 0.1) is 30.9 Å². The Morgan fingerprint density at radius 2 is 1.82 bits per heavy atom. The standard InChI is InChI=1S/C23H22N8O2/c1-30-15-18(12-26-30)20-6-7-21-27-28-22(31(21)29-20)11-16-4-3-5-17(10-16)23-24-13-19(14-25-23)33-9-8-32-2/h3-7,10,12-15H,8-9,11H2,1-2H3. The number of aryl methyl sites for hydroxylation is 1. The van der Waals surface area contributed by atoms with Gasteiger partial charge in [0, 0.05) is 37.9 Å². The molecule has 1 aromatic carbocycles. The maximum Gasteiger partial charge on any atom is 0.177 e. The lowest BCUT2D eigenvalue weighted by Gasteiger charge is -2.07. The van der Waals surface area contributed by atoms with Crippen LogP contribution in [0.3, 0.4) is 0 Å². The summed E-state index contributed by atoms with van der Waals surface area (Å²) in [5, 5.41) is 17.6. The van der Waals surface area contributed by atoms with Gasteiger partial charge in [-0.15, -0.1) is 10.2 Å². The molecular formula is C23H22N8O2. The van der Waals surface area contributed by atoms with Crippen LogP contribution in [0, 0.1) is 0 Å². The van der Waals surface area contributed by atoms with Crippen LogP contribution in [0.25, 0.3) is 28.3 Å². The van der Waals surface area contributed by atoms with Crippen molar-refractivity contribution in [3.63, 3.8) is 0 Å². The molecule has 0 saturated heterocycles. The van der Waals surface area contributed by atoms with Crippen molar-refractivity contribution < 1.29 is 9.47 Å². The normalized spacial score (nSPS) is 11.2. The summed E-state index contributed by atoms with van der Waals surface area (Å²) in [5.41, 5.74) is 4.41. The van der Waals surface area contributed by atoms with Gasteiger partial charge >= 0.3 is 0 Å². The van der Waals surface area contributed by atoms with Crippen LogP contribution < -0.4 is 4.74 Å². The minimum absolute atomic E-state index is 0.456. The van der Waals surface area contributed by atoms with Gasteiger partial charge in [-0.3, -0.25) is 4.68 Å². The summed E-state index contributed by atoms with van der Waals surface area (Å²) in [6, 6.07) is 11.9. The van der Waals surface area contributed by atoms with Crippen LogP contribution in [-0.4, -0.2) is 59.9 Å². The summed E-state index contributed by atoms with van der Waals surface area (Å²) in [6.07, 6.45) is 7.61. The molecule has 0 unspecified atom stereocenters. The molecule has 0 radical (unpaired) electrons. The molecule has 10 nitrogen and oxygen atoms in total. The number of rotatable bonds is 8. The fourth-order valence-corrected chi connectivity index (χ4v) is 3.44. The summed E-state index contributed by atoms with van der Waals surface area (Å²) >= 11 is 0. The molecule has 0 aliphatic heterocycles. The summed E-state index contributed by atoms with van der Waals surface area (Å²) in [7, 11) is 3.51. The van der Waals surface area contributed by atoms with Crippen molar-refractivity contribution in [1.29, 1.82) is 0 Å². The lowest BCUT2D eigenvalue weighted by Crippen LogP contribution is -2.05. The van der Waals surface area contributed by atoms with Gasteiger partial charge in [-0.25, -0.2) is 9.97 Å². The first-order valence-electron chi connectivity index (χ1n) is 10.4. The van der Waals surface area contributed by atoms with Gasteiger partial charge in [0.25, 0.3) is 0 Å². The zero-order chi connectivity index (χ0) is 22.6. The van der Waals surface area contributed by atoms with Crippen LogP contribution in [0.15, 0.2) is 61.2 Å². The van der Waals surface area contributed by atoms with Gasteiger partial charge in [-0.2, -0.15) is 14.7 Å². The van der Waals surface area contributed by atoms with Gasteiger partial charge in [-0.05, 0) is 23.8 Å². The number of fused-ring (bicyclic) bond motifs is 1. The number of hydrogen-bond acceptors (Lipinski definition) is 8. The van der Waals surface area contributed by atoms with E-state index in [0.717, 1.165) is 28.2 Å². The number of methoxy groups -OCH3 is 1. The Balaban J connectivity index is 1.37. The monoisotopic (exact) mass is 442 g/mol. The van der Waals surface area contributed by atoms with Gasteiger partial charge in [0.2, 0.25) is 0 Å². The fourth-order valence-electron chi connectivity index (χ4n) is 3.44. The molecule has 0 spiro atoms. The van der Waals surface area contributed by atoms with Crippen molar-refractivity contribution >= 4 is 5.65 Å². The second-order valence-electron chi connectivity index (χ2n) is 7.47. The molecule has 0 atom stereocenters. The second-order valence-corrected chi connectivity index (χ2v) is 7.47. The number of hydrogen-bond donors (Lipinski definition) is 0. The molecule has 10 heteroatoms. The highest BCUT2D eigenvalue weighted by Crippen LogP contribution is 2.21. The van der Waals surface area contributed by atoms with E-state index in [1.165, 1.54) is 0 Å². The van der Waals surface area contributed by atoms with Crippen molar-refractivity contribution in [3.05, 3.63) is 72.6 Å². The molecule has 0 aliphatic carbocycles. The quantitative estimate of drug-likeness (QED) is 0.338. The van der Waals surface area contributed by atoms with Crippen LogP contribution in [0.2, 0.25) is 0 Å². The fraction of sp³-hybridized carbons (Fsp3) is 0.217. The molecule has 0 aliphatic rings. The summed E-state index contributed by atoms with van der Waals surface area (Å²) in [6.45, 7) is 0.969. The molecule has 0 N–H and O–H groups in total. The molecule has 0 saturated carbocycles. The van der Waals surface area contributed by atoms with Crippen LogP contribution in [0.5, 0.6) is 5.75 Å². The second kappa shape index (κ2) is 9.13. The van der Waals surface area contributed by atoms with E-state index in [9.17, 15) is 0 Å². The van der Waals surface area contributed by atoms with Crippen LogP contribution in [-0.2, 0) is 18.2 Å². The van der Waals surface area contributed by atoms with Crippen molar-refractivity contribution in [2.45, 2.75) is 6.42 Å². The van der Waals surface area contributed by atoms with Crippen LogP contribution in [0.4, 0.5) is 0 Å². The predicted octanol–water partition coefficient (Wildman–Crippen LogP) is 2.60. The number of benzene rings is 1. The number of aromatic nitrogens is 8. The lowest BCUT2D eigenvalue weighted by atomic mass is 10.1. The predicted molar refractivity (Wildman–Crippen MR) is 121 cm³/mol. The highest BCUT2D eigenvalue weighted by Gasteiger charge is 2.12. The molecule has 0 amide bonds. The average Bonchev–Trinajstić information content (AvgIpc) is 3.46. The first kappa shape index (κ1) is 20.7. The first-order valence-corrected chi connectivity index (χ1v) is 10.4. The highest BCUT2D eigenvalue weighted by molar-refractivity contribution is 5.59. The molecular weight excluding hydrogens is 420 g/mol.